The Hall–Kier alpha value is -0.660. The molecule has 16 heavy (non-hydrogen) atoms. The Morgan fingerprint density at radius 2 is 2.12 bits per heavy atom. The topological polar surface area (TPSA) is 85.1 Å². The van der Waals surface area contributed by atoms with Gasteiger partial charge in [-0.1, -0.05) is 18.3 Å². The van der Waals surface area contributed by atoms with Gasteiger partial charge in [-0.3, -0.25) is 0 Å². The van der Waals surface area contributed by atoms with Crippen LogP contribution >= 0.6 is 11.3 Å². The molecule has 1 aliphatic rings. The fourth-order valence-electron chi connectivity index (χ4n) is 1.92. The zero-order valence-corrected chi connectivity index (χ0v) is 10.9. The van der Waals surface area contributed by atoms with Crippen LogP contribution in [0.1, 0.15) is 25.5 Å². The maximum absolute atomic E-state index is 12.0. The molecule has 0 radical (unpaired) electrons. The molecule has 1 fully saturated rings. The van der Waals surface area contributed by atoms with Gasteiger partial charge < -0.3 is 5.73 Å². The summed E-state index contributed by atoms with van der Waals surface area (Å²) in [6.07, 6.45) is 1.82. The minimum atomic E-state index is -3.43. The average Bonchev–Trinajstić information content (AvgIpc) is 2.43. The average molecular weight is 261 g/mol. The van der Waals surface area contributed by atoms with Crippen LogP contribution < -0.4 is 10.5 Å². The third-order valence-corrected chi connectivity index (χ3v) is 5.83. The molecule has 0 bridgehead atoms. The Bertz CT molecular complexity index is 489. The number of aromatic nitrogens is 1. The molecule has 1 aromatic rings. The van der Waals surface area contributed by atoms with Crippen LogP contribution in [-0.2, 0) is 10.0 Å². The molecular weight excluding hydrogens is 246 g/mol. The zero-order chi connectivity index (χ0) is 11.9. The molecule has 90 valence electrons. The molecule has 1 aliphatic carbocycles. The number of nitrogens with one attached hydrogen (secondary N) is 1. The molecule has 1 saturated carbocycles. The first kappa shape index (κ1) is 11.8. The predicted octanol–water partition coefficient (Wildman–Crippen LogP) is 1.11. The summed E-state index contributed by atoms with van der Waals surface area (Å²) in [6.45, 7) is 3.77. The van der Waals surface area contributed by atoms with Gasteiger partial charge >= 0.3 is 0 Å². The molecule has 2 rings (SSSR count). The number of hydrogen-bond donors (Lipinski definition) is 2. The minimum absolute atomic E-state index is 0.0720. The van der Waals surface area contributed by atoms with E-state index in [1.54, 1.807) is 6.92 Å². The highest BCUT2D eigenvalue weighted by Gasteiger charge is 2.31. The fraction of sp³-hybridized carbons (Fsp3) is 0.667. The second-order valence-electron chi connectivity index (χ2n) is 4.32. The summed E-state index contributed by atoms with van der Waals surface area (Å²) in [6, 6.07) is 0.0720. The number of nitrogens with zero attached hydrogens (tertiary/aromatic N) is 1. The summed E-state index contributed by atoms with van der Waals surface area (Å²) in [4.78, 5) is 3.92. The highest BCUT2D eigenvalue weighted by atomic mass is 32.2. The number of rotatable bonds is 3. The summed E-state index contributed by atoms with van der Waals surface area (Å²) in [5, 5.41) is 0.292. The van der Waals surface area contributed by atoms with Crippen LogP contribution in [0.5, 0.6) is 0 Å². The first-order chi connectivity index (χ1) is 7.38. The SMILES string of the molecule is Cc1nc(N)sc1S(=O)(=O)NC1CC(C)C1. The second kappa shape index (κ2) is 3.97. The molecule has 7 heteroatoms. The molecule has 3 N–H and O–H groups in total. The molecular formula is C9H15N3O2S2. The van der Waals surface area contributed by atoms with Gasteiger partial charge in [0.15, 0.2) is 9.34 Å². The Balaban J connectivity index is 2.16. The molecule has 0 amide bonds. The molecule has 0 aromatic carbocycles. The van der Waals surface area contributed by atoms with Crippen molar-refractivity contribution in [1.82, 2.24) is 9.71 Å². The molecule has 0 aliphatic heterocycles. The van der Waals surface area contributed by atoms with E-state index in [2.05, 4.69) is 16.6 Å². The van der Waals surface area contributed by atoms with Gasteiger partial charge in [0.2, 0.25) is 0 Å². The Labute approximate surface area is 99.1 Å². The van der Waals surface area contributed by atoms with E-state index in [9.17, 15) is 8.42 Å². The third-order valence-electron chi connectivity index (χ3n) is 2.71. The van der Waals surface area contributed by atoms with Gasteiger partial charge in [0.1, 0.15) is 0 Å². The lowest BCUT2D eigenvalue weighted by Crippen LogP contribution is -2.43. The smallest absolute Gasteiger partial charge is 0.252 e. The molecule has 0 saturated heterocycles. The van der Waals surface area contributed by atoms with Crippen LogP contribution in [0, 0.1) is 12.8 Å². The third kappa shape index (κ3) is 2.21. The van der Waals surface area contributed by atoms with Crippen molar-refractivity contribution in [3.05, 3.63) is 5.69 Å². The van der Waals surface area contributed by atoms with Gasteiger partial charge in [-0.05, 0) is 25.7 Å². The van der Waals surface area contributed by atoms with Crippen LogP contribution in [0.15, 0.2) is 4.21 Å². The second-order valence-corrected chi connectivity index (χ2v) is 7.26. The Morgan fingerprint density at radius 1 is 1.50 bits per heavy atom. The van der Waals surface area contributed by atoms with E-state index < -0.39 is 10.0 Å². The zero-order valence-electron chi connectivity index (χ0n) is 9.23. The fourth-order valence-corrected chi connectivity index (χ4v) is 4.50. The standard InChI is InChI=1S/C9H15N3O2S2/c1-5-3-7(4-5)12-16(13,14)8-6(2)11-9(10)15-8/h5,7,12H,3-4H2,1-2H3,(H2,10,11). The molecule has 1 aromatic heterocycles. The van der Waals surface area contributed by atoms with Gasteiger partial charge in [-0.2, -0.15) is 0 Å². The summed E-state index contributed by atoms with van der Waals surface area (Å²) in [5.74, 6) is 0.611. The van der Waals surface area contributed by atoms with Gasteiger partial charge in [0, 0.05) is 6.04 Å². The van der Waals surface area contributed by atoms with Gasteiger partial charge in [0.25, 0.3) is 10.0 Å². The van der Waals surface area contributed by atoms with Crippen molar-refractivity contribution in [3.63, 3.8) is 0 Å². The van der Waals surface area contributed by atoms with Gasteiger partial charge in [0.05, 0.1) is 5.69 Å². The van der Waals surface area contributed by atoms with Gasteiger partial charge in [-0.15, -0.1) is 0 Å². The van der Waals surface area contributed by atoms with E-state index in [0.717, 1.165) is 24.2 Å². The lowest BCUT2D eigenvalue weighted by Gasteiger charge is -2.32. The molecule has 0 spiro atoms. The van der Waals surface area contributed by atoms with Crippen LogP contribution in [0.25, 0.3) is 0 Å². The van der Waals surface area contributed by atoms with Crippen molar-refractivity contribution < 1.29 is 8.42 Å². The number of sulfonamides is 1. The lowest BCUT2D eigenvalue weighted by atomic mass is 9.83. The summed E-state index contributed by atoms with van der Waals surface area (Å²) in [5.41, 5.74) is 5.97. The molecule has 0 atom stereocenters. The van der Waals surface area contributed by atoms with E-state index >= 15 is 0 Å². The maximum atomic E-state index is 12.0. The van der Waals surface area contributed by atoms with Gasteiger partial charge in [-0.25, -0.2) is 18.1 Å². The number of hydrogen-bond acceptors (Lipinski definition) is 5. The van der Waals surface area contributed by atoms with Crippen molar-refractivity contribution >= 4 is 26.5 Å². The summed E-state index contributed by atoms with van der Waals surface area (Å²) < 4.78 is 26.9. The normalized spacial score (nSPS) is 25.4. The Morgan fingerprint density at radius 3 is 2.56 bits per heavy atom. The van der Waals surface area contributed by atoms with Crippen molar-refractivity contribution in [2.24, 2.45) is 5.92 Å². The highest BCUT2D eigenvalue weighted by molar-refractivity contribution is 7.91. The predicted molar refractivity (Wildman–Crippen MR) is 63.8 cm³/mol. The van der Waals surface area contributed by atoms with Crippen molar-refractivity contribution in [3.8, 4) is 0 Å². The van der Waals surface area contributed by atoms with Crippen LogP contribution in [0.2, 0.25) is 0 Å². The summed E-state index contributed by atoms with van der Waals surface area (Å²) >= 11 is 1.01. The van der Waals surface area contributed by atoms with Crippen molar-refractivity contribution in [2.45, 2.75) is 36.9 Å². The molecule has 1 heterocycles. The number of thiazole rings is 1. The van der Waals surface area contributed by atoms with Crippen molar-refractivity contribution in [2.75, 3.05) is 5.73 Å². The van der Waals surface area contributed by atoms with Crippen LogP contribution in [0.4, 0.5) is 5.13 Å². The first-order valence-electron chi connectivity index (χ1n) is 5.13. The number of anilines is 1. The monoisotopic (exact) mass is 261 g/mol. The van der Waals surface area contributed by atoms with E-state index in [4.69, 9.17) is 5.73 Å². The van der Waals surface area contributed by atoms with E-state index in [-0.39, 0.29) is 10.3 Å². The maximum Gasteiger partial charge on any atom is 0.252 e. The van der Waals surface area contributed by atoms with Crippen molar-refractivity contribution in [1.29, 1.82) is 0 Å². The van der Waals surface area contributed by atoms with E-state index in [0.29, 0.717) is 16.7 Å². The van der Waals surface area contributed by atoms with Crippen LogP contribution in [-0.4, -0.2) is 19.4 Å². The largest absolute Gasteiger partial charge is 0.375 e. The highest BCUT2D eigenvalue weighted by Crippen LogP contribution is 2.30. The molecule has 5 nitrogen and oxygen atoms in total. The Kier molecular flexibility index (Phi) is 2.93. The van der Waals surface area contributed by atoms with E-state index in [1.807, 2.05) is 0 Å². The minimum Gasteiger partial charge on any atom is -0.375 e. The number of nitrogen functional groups attached to an aromatic ring is 1. The summed E-state index contributed by atoms with van der Waals surface area (Å²) in [7, 11) is -3.43. The van der Waals surface area contributed by atoms with E-state index in [1.165, 1.54) is 0 Å². The quantitative estimate of drug-likeness (QED) is 0.853. The van der Waals surface area contributed by atoms with Crippen LogP contribution in [0.3, 0.4) is 0 Å². The number of aryl methyl sites for hydroxylation is 1. The molecule has 0 unspecified atom stereocenters. The number of nitrogens with two attached hydrogens (primary N) is 1. The lowest BCUT2D eigenvalue weighted by molar-refractivity contribution is 0.270. The first-order valence-corrected chi connectivity index (χ1v) is 7.43.